The lowest BCUT2D eigenvalue weighted by Gasteiger charge is -2.14. The maximum atomic E-state index is 12.8. The van der Waals surface area contributed by atoms with Gasteiger partial charge in [0.1, 0.15) is 5.82 Å². The summed E-state index contributed by atoms with van der Waals surface area (Å²) >= 11 is 5.68. The fraction of sp³-hybridized carbons (Fsp3) is 0.0769. The van der Waals surface area contributed by atoms with E-state index >= 15 is 0 Å². The normalized spacial score (nSPS) is 12.5. The lowest BCUT2D eigenvalue weighted by Crippen LogP contribution is -2.13. The number of rotatable bonds is 2. The van der Waals surface area contributed by atoms with Gasteiger partial charge in [-0.15, -0.1) is 0 Å². The van der Waals surface area contributed by atoms with E-state index in [0.717, 1.165) is 19.2 Å². The van der Waals surface area contributed by atoms with Crippen LogP contribution in [-0.2, 0) is 0 Å². The van der Waals surface area contributed by atoms with Gasteiger partial charge in [-0.05, 0) is 64.0 Å². The summed E-state index contributed by atoms with van der Waals surface area (Å²) in [7, 11) is 0. The van der Waals surface area contributed by atoms with Crippen LogP contribution in [0.3, 0.4) is 0 Å². The van der Waals surface area contributed by atoms with Gasteiger partial charge in [0.25, 0.3) is 0 Å². The Hall–Kier alpha value is -0.460. The Labute approximate surface area is 121 Å². The Kier molecular flexibility index (Phi) is 4.17. The third-order valence-electron chi connectivity index (χ3n) is 2.52. The molecule has 1 nitrogen and oxygen atoms in total. The summed E-state index contributed by atoms with van der Waals surface area (Å²) in [5, 5.41) is 0. The van der Waals surface area contributed by atoms with Gasteiger partial charge in [-0.3, -0.25) is 0 Å². The first kappa shape index (κ1) is 13.0. The summed E-state index contributed by atoms with van der Waals surface area (Å²) in [6, 6.07) is 12.0. The van der Waals surface area contributed by atoms with Gasteiger partial charge in [-0.2, -0.15) is 0 Å². The molecule has 0 saturated heterocycles. The van der Waals surface area contributed by atoms with Crippen molar-refractivity contribution < 1.29 is 4.39 Å². The summed E-state index contributed by atoms with van der Waals surface area (Å²) in [5.74, 6) is -0.245. The zero-order chi connectivity index (χ0) is 12.4. The molecule has 17 heavy (non-hydrogen) atoms. The molecule has 0 aliphatic carbocycles. The predicted octanol–water partition coefficient (Wildman–Crippen LogP) is 4.24. The largest absolute Gasteiger partial charge is 0.320 e. The van der Waals surface area contributed by atoms with Gasteiger partial charge in [-0.25, -0.2) is 4.39 Å². The Morgan fingerprint density at radius 3 is 2.41 bits per heavy atom. The second-order valence-corrected chi connectivity index (χ2v) is 5.77. The van der Waals surface area contributed by atoms with Crippen LogP contribution in [0.1, 0.15) is 17.2 Å². The molecule has 1 unspecified atom stereocenters. The Balaban J connectivity index is 2.39. The summed E-state index contributed by atoms with van der Waals surface area (Å²) < 4.78 is 14.9. The monoisotopic (exact) mass is 405 g/mol. The molecular formula is C13H10BrFIN. The van der Waals surface area contributed by atoms with Gasteiger partial charge in [0, 0.05) is 8.04 Å². The van der Waals surface area contributed by atoms with Gasteiger partial charge < -0.3 is 5.73 Å². The molecule has 2 aromatic carbocycles. The molecule has 0 fully saturated rings. The lowest BCUT2D eigenvalue weighted by molar-refractivity contribution is 0.626. The molecule has 0 saturated carbocycles. The van der Waals surface area contributed by atoms with Gasteiger partial charge in [0.15, 0.2) is 0 Å². The second-order valence-electron chi connectivity index (χ2n) is 3.70. The van der Waals surface area contributed by atoms with E-state index in [-0.39, 0.29) is 11.9 Å². The maximum absolute atomic E-state index is 12.8. The molecule has 0 aromatic heterocycles. The molecule has 4 heteroatoms. The van der Waals surface area contributed by atoms with E-state index in [9.17, 15) is 4.39 Å². The molecule has 0 spiro atoms. The van der Waals surface area contributed by atoms with E-state index in [4.69, 9.17) is 5.73 Å². The van der Waals surface area contributed by atoms with Crippen LogP contribution >= 0.6 is 38.5 Å². The van der Waals surface area contributed by atoms with Crippen LogP contribution in [0.25, 0.3) is 0 Å². The summed E-state index contributed by atoms with van der Waals surface area (Å²) in [6.45, 7) is 0. The molecule has 0 heterocycles. The van der Waals surface area contributed by atoms with Crippen LogP contribution in [0.5, 0.6) is 0 Å². The second kappa shape index (κ2) is 5.46. The van der Waals surface area contributed by atoms with Gasteiger partial charge >= 0.3 is 0 Å². The SMILES string of the molecule is NC(c1ccc(F)cc1)c1cc(Br)ccc1I. The highest BCUT2D eigenvalue weighted by Crippen LogP contribution is 2.27. The summed E-state index contributed by atoms with van der Waals surface area (Å²) in [6.07, 6.45) is 0. The third kappa shape index (κ3) is 3.05. The molecule has 2 aromatic rings. The van der Waals surface area contributed by atoms with Crippen molar-refractivity contribution in [3.8, 4) is 0 Å². The fourth-order valence-electron chi connectivity index (χ4n) is 1.60. The minimum atomic E-state index is -0.245. The number of halogens is 3. The van der Waals surface area contributed by atoms with E-state index in [2.05, 4.69) is 38.5 Å². The molecule has 1 atom stereocenters. The lowest BCUT2D eigenvalue weighted by atomic mass is 10.00. The van der Waals surface area contributed by atoms with Crippen LogP contribution in [-0.4, -0.2) is 0 Å². The predicted molar refractivity (Wildman–Crippen MR) is 79.3 cm³/mol. The van der Waals surface area contributed by atoms with E-state index in [1.54, 1.807) is 12.1 Å². The first-order valence-corrected chi connectivity index (χ1v) is 6.91. The minimum Gasteiger partial charge on any atom is -0.320 e. The molecule has 0 aliphatic heterocycles. The Morgan fingerprint density at radius 1 is 1.12 bits per heavy atom. The Morgan fingerprint density at radius 2 is 1.76 bits per heavy atom. The van der Waals surface area contributed by atoms with Crippen molar-refractivity contribution >= 4 is 38.5 Å². The summed E-state index contributed by atoms with van der Waals surface area (Å²) in [5.41, 5.74) is 8.13. The van der Waals surface area contributed by atoms with Crippen molar-refractivity contribution in [3.05, 3.63) is 67.5 Å². The van der Waals surface area contributed by atoms with E-state index in [1.807, 2.05) is 18.2 Å². The topological polar surface area (TPSA) is 26.0 Å². The standard InChI is InChI=1S/C13H10BrFIN/c14-9-3-6-12(16)11(7-9)13(17)8-1-4-10(15)5-2-8/h1-7,13H,17H2. The van der Waals surface area contributed by atoms with Crippen molar-refractivity contribution in [3.63, 3.8) is 0 Å². The first-order valence-electron chi connectivity index (χ1n) is 5.04. The van der Waals surface area contributed by atoms with E-state index in [0.29, 0.717) is 0 Å². The average molecular weight is 406 g/mol. The maximum Gasteiger partial charge on any atom is 0.123 e. The van der Waals surface area contributed by atoms with Crippen molar-refractivity contribution in [2.45, 2.75) is 6.04 Å². The Bertz CT molecular complexity index is 527. The van der Waals surface area contributed by atoms with Crippen molar-refractivity contribution in [2.75, 3.05) is 0 Å². The number of nitrogens with two attached hydrogens (primary N) is 1. The van der Waals surface area contributed by atoms with Crippen LogP contribution in [0, 0.1) is 9.39 Å². The molecule has 0 aliphatic rings. The van der Waals surface area contributed by atoms with Crippen molar-refractivity contribution in [1.29, 1.82) is 0 Å². The van der Waals surface area contributed by atoms with Gasteiger partial charge in [0.2, 0.25) is 0 Å². The molecule has 88 valence electrons. The van der Waals surface area contributed by atoms with Crippen molar-refractivity contribution in [2.24, 2.45) is 5.73 Å². The summed E-state index contributed by atoms with van der Waals surface area (Å²) in [4.78, 5) is 0. The molecule has 0 amide bonds. The highest BCUT2D eigenvalue weighted by molar-refractivity contribution is 14.1. The molecule has 2 N–H and O–H groups in total. The molecule has 0 radical (unpaired) electrons. The van der Waals surface area contributed by atoms with Crippen LogP contribution in [0.15, 0.2) is 46.9 Å². The van der Waals surface area contributed by atoms with Crippen LogP contribution < -0.4 is 5.73 Å². The average Bonchev–Trinajstić information content (AvgIpc) is 2.32. The number of hydrogen-bond acceptors (Lipinski definition) is 1. The van der Waals surface area contributed by atoms with Gasteiger partial charge in [-0.1, -0.05) is 28.1 Å². The smallest absolute Gasteiger partial charge is 0.123 e. The van der Waals surface area contributed by atoms with E-state index < -0.39 is 0 Å². The fourth-order valence-corrected chi connectivity index (χ4v) is 2.65. The van der Waals surface area contributed by atoms with E-state index in [1.165, 1.54) is 12.1 Å². The minimum absolute atomic E-state index is 0.236. The molecule has 2 rings (SSSR count). The van der Waals surface area contributed by atoms with Gasteiger partial charge in [0.05, 0.1) is 6.04 Å². The molecule has 0 bridgehead atoms. The zero-order valence-electron chi connectivity index (χ0n) is 8.83. The highest BCUT2D eigenvalue weighted by Gasteiger charge is 2.12. The number of hydrogen-bond donors (Lipinski definition) is 1. The van der Waals surface area contributed by atoms with Crippen LogP contribution in [0.2, 0.25) is 0 Å². The highest BCUT2D eigenvalue weighted by atomic mass is 127. The zero-order valence-corrected chi connectivity index (χ0v) is 12.6. The number of benzene rings is 2. The van der Waals surface area contributed by atoms with Crippen molar-refractivity contribution in [1.82, 2.24) is 0 Å². The van der Waals surface area contributed by atoms with Crippen LogP contribution in [0.4, 0.5) is 4.39 Å². The molecular weight excluding hydrogens is 396 g/mol. The quantitative estimate of drug-likeness (QED) is 0.743. The first-order chi connectivity index (χ1) is 8.08. The third-order valence-corrected chi connectivity index (χ3v) is 4.00.